The van der Waals surface area contributed by atoms with E-state index in [-0.39, 0.29) is 28.9 Å². The number of aryl methyl sites for hydroxylation is 2. The van der Waals surface area contributed by atoms with Gasteiger partial charge in [-0.05, 0) is 54.1 Å². The monoisotopic (exact) mass is 566 g/mol. The summed E-state index contributed by atoms with van der Waals surface area (Å²) < 4.78 is 0. The predicted molar refractivity (Wildman–Crippen MR) is 156 cm³/mol. The summed E-state index contributed by atoms with van der Waals surface area (Å²) in [6.07, 6.45) is 1.25. The average molecular weight is 566 g/mol. The normalized spacial score (nSPS) is 9.63. The highest BCUT2D eigenvalue weighted by molar-refractivity contribution is 6.59. The molecule has 1 heterocycles. The number of aromatic nitrogens is 1. The van der Waals surface area contributed by atoms with Crippen molar-refractivity contribution < 1.29 is 44.5 Å². The van der Waals surface area contributed by atoms with Gasteiger partial charge in [-0.15, -0.1) is 0 Å². The molecule has 3 amide bonds. The van der Waals surface area contributed by atoms with Crippen LogP contribution in [0.1, 0.15) is 42.3 Å². The largest absolute Gasteiger partial charge is 0.490 e. The molecule has 16 heteroatoms. The first kappa shape index (κ1) is 35.0. The van der Waals surface area contributed by atoms with Crippen molar-refractivity contribution in [3.8, 4) is 0 Å². The highest BCUT2D eigenvalue weighted by atomic mass is 16.4. The molecule has 41 heavy (non-hydrogen) atoms. The Balaban J connectivity index is 0.000000308. The van der Waals surface area contributed by atoms with Crippen molar-refractivity contribution in [1.29, 1.82) is 0 Å². The van der Waals surface area contributed by atoms with E-state index in [9.17, 15) is 14.4 Å². The van der Waals surface area contributed by atoms with Crippen LogP contribution in [0.2, 0.25) is 0 Å². The molecule has 0 atom stereocenters. The maximum absolute atomic E-state index is 11.3. The number of carbonyl (C=O) groups excluding carboxylic acids is 3. The van der Waals surface area contributed by atoms with E-state index in [4.69, 9.17) is 30.1 Å². The number of hydrogen-bond donors (Lipinski definition) is 9. The molecule has 0 unspecified atom stereocenters. The van der Waals surface area contributed by atoms with Gasteiger partial charge < -0.3 is 46.1 Å². The quantitative estimate of drug-likeness (QED) is 0.133. The highest BCUT2D eigenvalue weighted by Gasteiger charge is 2.16. The Kier molecular flexibility index (Phi) is 14.4. The van der Waals surface area contributed by atoms with E-state index in [1.54, 1.807) is 45.2 Å². The van der Waals surface area contributed by atoms with Gasteiger partial charge in [0.1, 0.15) is 5.69 Å². The molecular weight excluding hydrogens is 533 g/mol. The van der Waals surface area contributed by atoms with Gasteiger partial charge in [0.25, 0.3) is 17.7 Å². The third kappa shape index (κ3) is 10.8. The Morgan fingerprint density at radius 3 is 1.49 bits per heavy atom. The molecule has 0 radical (unpaired) electrons. The average Bonchev–Trinajstić information content (AvgIpc) is 2.96. The Bertz CT molecular complexity index is 1320. The molecule has 3 aromatic rings. The van der Waals surface area contributed by atoms with E-state index >= 15 is 0 Å². The first-order chi connectivity index (χ1) is 19.3. The Hall–Kier alpha value is -4.05. The summed E-state index contributed by atoms with van der Waals surface area (Å²) >= 11 is 0. The summed E-state index contributed by atoms with van der Waals surface area (Å²) in [4.78, 5) is 37.3. The molecule has 9 N–H and O–H groups in total. The number of benzene rings is 2. The molecule has 216 valence electrons. The van der Waals surface area contributed by atoms with Crippen molar-refractivity contribution in [1.82, 2.24) is 20.9 Å². The fourth-order valence-corrected chi connectivity index (χ4v) is 3.24. The van der Waals surface area contributed by atoms with Crippen LogP contribution in [0, 0.1) is 13.8 Å². The van der Waals surface area contributed by atoms with Gasteiger partial charge in [0.05, 0.1) is 0 Å². The summed E-state index contributed by atoms with van der Waals surface area (Å²) in [5.41, 5.74) is 3.71. The molecule has 0 aliphatic rings. The van der Waals surface area contributed by atoms with Crippen LogP contribution in [0.3, 0.4) is 0 Å². The summed E-state index contributed by atoms with van der Waals surface area (Å²) in [5.74, 6) is -0.717. The maximum Gasteiger partial charge on any atom is 0.490 e. The number of pyridine rings is 1. The van der Waals surface area contributed by atoms with Crippen LogP contribution < -0.4 is 32.3 Å². The molecule has 3 rings (SSSR count). The molecule has 0 saturated carbocycles. The van der Waals surface area contributed by atoms with Crippen LogP contribution in [-0.2, 0) is 0 Å². The first-order valence-corrected chi connectivity index (χ1v) is 12.2. The van der Waals surface area contributed by atoms with Crippen molar-refractivity contribution in [2.45, 2.75) is 13.8 Å². The van der Waals surface area contributed by atoms with Crippen LogP contribution in [0.4, 0.5) is 0 Å². The number of carbonyl (C=O) groups is 3. The molecule has 13 nitrogen and oxygen atoms in total. The zero-order chi connectivity index (χ0) is 31.3. The third-order valence-electron chi connectivity index (χ3n) is 5.60. The molecule has 0 spiro atoms. The van der Waals surface area contributed by atoms with Gasteiger partial charge in [0.2, 0.25) is 0 Å². The summed E-state index contributed by atoms with van der Waals surface area (Å²) in [6, 6.07) is 12.3. The number of amides is 3. The van der Waals surface area contributed by atoms with E-state index in [2.05, 4.69) is 20.9 Å². The van der Waals surface area contributed by atoms with Crippen molar-refractivity contribution in [2.24, 2.45) is 0 Å². The van der Waals surface area contributed by atoms with Crippen LogP contribution >= 0.6 is 0 Å². The second kappa shape index (κ2) is 16.9. The van der Waals surface area contributed by atoms with Gasteiger partial charge in [-0.3, -0.25) is 19.4 Å². The lowest BCUT2D eigenvalue weighted by molar-refractivity contribution is 0.0951. The van der Waals surface area contributed by atoms with E-state index in [1.165, 1.54) is 44.6 Å². The van der Waals surface area contributed by atoms with Gasteiger partial charge in [0.15, 0.2) is 0 Å². The second-order valence-electron chi connectivity index (χ2n) is 8.48. The van der Waals surface area contributed by atoms with Crippen molar-refractivity contribution in [3.05, 3.63) is 82.7 Å². The minimum atomic E-state index is -1.55. The maximum atomic E-state index is 11.3. The van der Waals surface area contributed by atoms with Crippen LogP contribution in [0.15, 0.2) is 54.7 Å². The molecule has 0 aliphatic carbocycles. The van der Waals surface area contributed by atoms with Gasteiger partial charge in [-0.2, -0.15) is 0 Å². The fourth-order valence-electron chi connectivity index (χ4n) is 3.24. The van der Waals surface area contributed by atoms with Crippen LogP contribution in [0.25, 0.3) is 0 Å². The van der Waals surface area contributed by atoms with Gasteiger partial charge in [-0.25, -0.2) is 0 Å². The minimum absolute atomic E-state index is 0.179. The molecular formula is C25H33B3N4O9. The van der Waals surface area contributed by atoms with Gasteiger partial charge in [-0.1, -0.05) is 30.3 Å². The summed E-state index contributed by atoms with van der Waals surface area (Å²) in [6.45, 7) is 3.54. The fraction of sp³-hybridized carbons (Fsp3) is 0.200. The van der Waals surface area contributed by atoms with Crippen LogP contribution in [-0.4, -0.2) is 95.3 Å². The molecule has 0 bridgehead atoms. The Labute approximate surface area is 238 Å². The lowest BCUT2D eigenvalue weighted by Crippen LogP contribution is -2.31. The lowest BCUT2D eigenvalue weighted by atomic mass is 9.79. The molecule has 0 aliphatic heterocycles. The van der Waals surface area contributed by atoms with Crippen molar-refractivity contribution in [2.75, 3.05) is 21.1 Å². The molecule has 0 saturated heterocycles. The second-order valence-corrected chi connectivity index (χ2v) is 8.48. The zero-order valence-electron chi connectivity index (χ0n) is 23.3. The number of nitrogens with one attached hydrogen (secondary N) is 3. The summed E-state index contributed by atoms with van der Waals surface area (Å²) in [5, 5.41) is 60.5. The predicted octanol–water partition coefficient (Wildman–Crippen LogP) is -3.81. The van der Waals surface area contributed by atoms with E-state index in [1.807, 2.05) is 0 Å². The number of hydrogen-bond acceptors (Lipinski definition) is 10. The SMILES string of the molecule is CNC(=O)c1cc(B(O)O)ccc1C.CNC(=O)c1ccc(B(O)O)cc1C.CNC(=O)c1ccc(B(O)O)cn1. The minimum Gasteiger partial charge on any atom is -0.423 e. The topological polar surface area (TPSA) is 222 Å². The first-order valence-electron chi connectivity index (χ1n) is 12.2. The van der Waals surface area contributed by atoms with Crippen molar-refractivity contribution in [3.63, 3.8) is 0 Å². The smallest absolute Gasteiger partial charge is 0.423 e. The van der Waals surface area contributed by atoms with E-state index < -0.39 is 21.4 Å². The summed E-state index contributed by atoms with van der Waals surface area (Å²) in [7, 11) is -0.00293. The van der Waals surface area contributed by atoms with E-state index in [0.717, 1.165) is 11.1 Å². The molecule has 1 aromatic heterocycles. The van der Waals surface area contributed by atoms with Gasteiger partial charge in [0, 0.05) is 43.9 Å². The zero-order valence-corrected chi connectivity index (χ0v) is 23.3. The van der Waals surface area contributed by atoms with Crippen molar-refractivity contribution >= 4 is 55.5 Å². The molecule has 0 fully saturated rings. The van der Waals surface area contributed by atoms with Crippen LogP contribution in [0.5, 0.6) is 0 Å². The lowest BCUT2D eigenvalue weighted by Gasteiger charge is -2.06. The third-order valence-corrected chi connectivity index (χ3v) is 5.60. The Morgan fingerprint density at radius 2 is 1.05 bits per heavy atom. The standard InChI is InChI=1S/2C9H12BNO3.C7H9BN2O3/c1-6-5-7(10(13)14)3-4-8(6)9(12)11-2;1-6-3-4-7(10(13)14)5-8(6)9(12)11-2;1-9-7(11)6-3-2-5(4-10-6)8(12)13/h2*3-5,13-14H,1-2H3,(H,11,12);2-4,12-13H,1H3,(H,9,11). The number of rotatable bonds is 6. The van der Waals surface area contributed by atoms with Gasteiger partial charge >= 0.3 is 21.4 Å². The number of nitrogens with zero attached hydrogens (tertiary/aromatic N) is 1. The highest BCUT2D eigenvalue weighted by Crippen LogP contribution is 2.06. The van der Waals surface area contributed by atoms with E-state index in [0.29, 0.717) is 22.1 Å². The molecule has 2 aromatic carbocycles. The Morgan fingerprint density at radius 1 is 0.585 bits per heavy atom.